The Bertz CT molecular complexity index is 3140. The van der Waals surface area contributed by atoms with Crippen molar-refractivity contribution < 1.29 is 23.8 Å². The highest BCUT2D eigenvalue weighted by Crippen LogP contribution is 2.43. The van der Waals surface area contributed by atoms with Crippen LogP contribution in [0.2, 0.25) is 25.7 Å². The minimum absolute atomic E-state index is 0.107. The third kappa shape index (κ3) is 10.1. The van der Waals surface area contributed by atoms with Crippen molar-refractivity contribution in [2.45, 2.75) is 95.9 Å². The van der Waals surface area contributed by atoms with Crippen molar-refractivity contribution in [2.75, 3.05) is 34.0 Å². The Labute approximate surface area is 396 Å². The maximum Gasteiger partial charge on any atom is 0.255 e. The molecule has 2 aromatic carbocycles. The van der Waals surface area contributed by atoms with Gasteiger partial charge in [-0.05, 0) is 92.8 Å². The fraction of sp³-hybridized carbons (Fsp3) is 0.440. The van der Waals surface area contributed by atoms with Gasteiger partial charge in [-0.3, -0.25) is 19.0 Å². The van der Waals surface area contributed by atoms with E-state index >= 15 is 0 Å². The predicted molar refractivity (Wildman–Crippen MR) is 266 cm³/mol. The second-order valence-electron chi connectivity index (χ2n) is 19.6. The largest absolute Gasteiger partial charge is 0.383 e. The standard InChI is InChI=1S/C28H38N6O3Si.C22H24N6O2/c1-18(16-36-3)30-28(35)22-15-34(17-37-11-12-38(4,5)6)27-26(22)31-23(14-29-27)25-21-13-20(19-7-8-19)9-10-24(21)33(2)32-25;1-12(11-30-3)25-22(29)16-9-23-21-20(16)26-17(10-24-21)19-15-8-14(13-4-5-13)6-7-18(15)28(2)27-19/h9-10,13-15,18-19H,7-8,11-12,16-17H2,1-6H3,(H,30,35);6-10,12-13H,4-5,11H2,1-3H3,(H,23,24)(H,25,29)/t18-;12-/m00/s1. The second-order valence-corrected chi connectivity index (χ2v) is 25.3. The number of methoxy groups -OCH3 is 2. The van der Waals surface area contributed by atoms with E-state index in [1.54, 1.807) is 39.0 Å². The number of aryl methyl sites for hydroxylation is 2. The maximum atomic E-state index is 13.3. The molecule has 8 aromatic rings. The lowest BCUT2D eigenvalue weighted by atomic mass is 10.1. The second kappa shape index (κ2) is 19.3. The number of aromatic amines is 1. The molecule has 0 unspecified atom stereocenters. The highest BCUT2D eigenvalue weighted by Gasteiger charge is 2.27. The molecule has 6 aromatic heterocycles. The van der Waals surface area contributed by atoms with Gasteiger partial charge in [-0.1, -0.05) is 31.8 Å². The number of carbonyl (C=O) groups excluding carboxylic acids is 2. The number of ether oxygens (including phenoxy) is 3. The quantitative estimate of drug-likeness (QED) is 0.0590. The Morgan fingerprint density at radius 3 is 1.82 bits per heavy atom. The highest BCUT2D eigenvalue weighted by molar-refractivity contribution is 6.76. The van der Waals surface area contributed by atoms with Gasteiger partial charge in [0.05, 0.1) is 47.8 Å². The lowest BCUT2D eigenvalue weighted by molar-refractivity contribution is 0.0879. The molecule has 0 bridgehead atoms. The lowest BCUT2D eigenvalue weighted by Crippen LogP contribution is -2.35. The van der Waals surface area contributed by atoms with Crippen LogP contribution in [0.3, 0.4) is 0 Å². The van der Waals surface area contributed by atoms with E-state index in [9.17, 15) is 9.59 Å². The van der Waals surface area contributed by atoms with Gasteiger partial charge in [0, 0.05) is 78.2 Å². The van der Waals surface area contributed by atoms with Crippen molar-refractivity contribution in [3.8, 4) is 22.8 Å². The first-order chi connectivity index (χ1) is 32.7. The highest BCUT2D eigenvalue weighted by atomic mass is 28.3. The van der Waals surface area contributed by atoms with Crippen molar-refractivity contribution in [1.82, 2.24) is 59.7 Å². The van der Waals surface area contributed by atoms with E-state index in [0.717, 1.165) is 39.2 Å². The van der Waals surface area contributed by atoms with Crippen LogP contribution < -0.4 is 10.6 Å². The molecule has 356 valence electrons. The van der Waals surface area contributed by atoms with Crippen LogP contribution in [0.1, 0.15) is 83.2 Å². The summed E-state index contributed by atoms with van der Waals surface area (Å²) in [5.41, 5.74) is 10.8. The molecule has 2 fully saturated rings. The molecular weight excluding hydrogens is 877 g/mol. The Morgan fingerprint density at radius 1 is 0.765 bits per heavy atom. The zero-order valence-electron chi connectivity index (χ0n) is 40.5. The van der Waals surface area contributed by atoms with E-state index in [1.807, 2.05) is 41.9 Å². The third-order valence-corrected chi connectivity index (χ3v) is 14.3. The number of amides is 2. The number of H-pyrrole nitrogens is 1. The number of benzene rings is 2. The summed E-state index contributed by atoms with van der Waals surface area (Å²) in [6, 6.07) is 13.9. The van der Waals surface area contributed by atoms with Crippen LogP contribution in [0.15, 0.2) is 61.2 Å². The predicted octanol–water partition coefficient (Wildman–Crippen LogP) is 8.09. The molecule has 18 heteroatoms. The number of hydrogen-bond acceptors (Lipinski definition) is 11. The first kappa shape index (κ1) is 46.8. The lowest BCUT2D eigenvalue weighted by Gasteiger charge is -2.15. The van der Waals surface area contributed by atoms with Gasteiger partial charge in [0.2, 0.25) is 0 Å². The Morgan fingerprint density at radius 2 is 1.29 bits per heavy atom. The topological polar surface area (TPSA) is 194 Å². The van der Waals surface area contributed by atoms with Crippen LogP contribution in [0.5, 0.6) is 0 Å². The van der Waals surface area contributed by atoms with Gasteiger partial charge in [0.25, 0.3) is 11.8 Å². The SMILES string of the molecule is COC[C@H](C)NC(=O)c1c[nH]c2ncc(-c3nn(C)c4ccc(C5CC5)cc34)nc12.COC[C@H](C)NC(=O)c1cn(COCC[Si](C)(C)C)c2ncc(-c3nn(C)c4ccc(C5CC5)cc34)nc12. The van der Waals surface area contributed by atoms with Gasteiger partial charge in [0.15, 0.2) is 11.3 Å². The molecule has 2 aliphatic carbocycles. The first-order valence-electron chi connectivity index (χ1n) is 23.5. The Balaban J connectivity index is 0.000000174. The summed E-state index contributed by atoms with van der Waals surface area (Å²) in [5, 5.41) is 17.6. The minimum atomic E-state index is -1.21. The minimum Gasteiger partial charge on any atom is -0.383 e. The smallest absolute Gasteiger partial charge is 0.255 e. The fourth-order valence-corrected chi connectivity index (χ4v) is 9.38. The number of aromatic nitrogens is 10. The van der Waals surface area contributed by atoms with E-state index in [2.05, 4.69) is 76.6 Å². The van der Waals surface area contributed by atoms with Gasteiger partial charge in [-0.2, -0.15) is 10.2 Å². The summed E-state index contributed by atoms with van der Waals surface area (Å²) in [7, 11) is 5.90. The van der Waals surface area contributed by atoms with Gasteiger partial charge in [-0.15, -0.1) is 0 Å². The fourth-order valence-electron chi connectivity index (χ4n) is 8.62. The molecular formula is C50H62N12O5Si. The molecule has 0 aliphatic heterocycles. The molecule has 2 saturated carbocycles. The maximum absolute atomic E-state index is 13.3. The molecule has 2 atom stereocenters. The number of carbonyl (C=O) groups is 2. The van der Waals surface area contributed by atoms with Crippen LogP contribution in [-0.2, 0) is 35.0 Å². The number of nitrogens with zero attached hydrogens (tertiary/aromatic N) is 9. The zero-order valence-corrected chi connectivity index (χ0v) is 41.5. The molecule has 0 saturated heterocycles. The van der Waals surface area contributed by atoms with E-state index in [0.29, 0.717) is 83.2 Å². The number of rotatable bonds is 17. The van der Waals surface area contributed by atoms with Crippen LogP contribution >= 0.6 is 0 Å². The van der Waals surface area contributed by atoms with E-state index in [1.165, 1.54) is 36.8 Å². The van der Waals surface area contributed by atoms with Gasteiger partial charge < -0.3 is 34.4 Å². The number of fused-ring (bicyclic) bond motifs is 4. The van der Waals surface area contributed by atoms with Crippen molar-refractivity contribution in [2.24, 2.45) is 14.1 Å². The van der Waals surface area contributed by atoms with Crippen LogP contribution in [0.25, 0.3) is 66.9 Å². The molecule has 0 spiro atoms. The van der Waals surface area contributed by atoms with Crippen molar-refractivity contribution >= 4 is 64.0 Å². The van der Waals surface area contributed by atoms with E-state index in [-0.39, 0.29) is 23.9 Å². The van der Waals surface area contributed by atoms with Crippen LogP contribution in [-0.4, -0.2) is 115 Å². The Kier molecular flexibility index (Phi) is 13.3. The summed E-state index contributed by atoms with van der Waals surface area (Å²) in [6.45, 7) is 12.6. The average molecular weight is 939 g/mol. The summed E-state index contributed by atoms with van der Waals surface area (Å²) in [4.78, 5) is 48.1. The van der Waals surface area contributed by atoms with Crippen LogP contribution in [0.4, 0.5) is 0 Å². The number of nitrogens with one attached hydrogen (secondary N) is 3. The summed E-state index contributed by atoms with van der Waals surface area (Å²) in [6.07, 6.45) is 11.9. The zero-order chi connectivity index (χ0) is 47.9. The van der Waals surface area contributed by atoms with Gasteiger partial charge in [-0.25, -0.2) is 19.9 Å². The number of hydrogen-bond donors (Lipinski definition) is 3. The summed E-state index contributed by atoms with van der Waals surface area (Å²) < 4.78 is 21.9. The monoisotopic (exact) mass is 938 g/mol. The molecule has 6 heterocycles. The molecule has 2 aliphatic rings. The summed E-state index contributed by atoms with van der Waals surface area (Å²) in [5.74, 6) is 0.873. The third-order valence-electron chi connectivity index (χ3n) is 12.6. The van der Waals surface area contributed by atoms with Crippen LogP contribution in [0, 0.1) is 0 Å². The molecule has 10 rings (SSSR count). The van der Waals surface area contributed by atoms with E-state index in [4.69, 9.17) is 39.4 Å². The normalized spacial score (nSPS) is 15.0. The van der Waals surface area contributed by atoms with Gasteiger partial charge in [0.1, 0.15) is 40.5 Å². The Hall–Kier alpha value is -6.34. The van der Waals surface area contributed by atoms with Crippen molar-refractivity contribution in [1.29, 1.82) is 0 Å². The molecule has 68 heavy (non-hydrogen) atoms. The molecule has 0 radical (unpaired) electrons. The van der Waals surface area contributed by atoms with E-state index < -0.39 is 8.07 Å². The average Bonchev–Trinajstić information content (AvgIpc) is 4.22. The summed E-state index contributed by atoms with van der Waals surface area (Å²) >= 11 is 0. The molecule has 17 nitrogen and oxygen atoms in total. The molecule has 2 amide bonds. The van der Waals surface area contributed by atoms with Crippen molar-refractivity contribution in [3.63, 3.8) is 0 Å². The van der Waals surface area contributed by atoms with Gasteiger partial charge >= 0.3 is 0 Å². The molecule has 3 N–H and O–H groups in total. The first-order valence-corrected chi connectivity index (χ1v) is 27.2. The van der Waals surface area contributed by atoms with Crippen molar-refractivity contribution in [3.05, 3.63) is 83.4 Å².